The molecule has 0 radical (unpaired) electrons. The molecule has 0 saturated heterocycles. The normalized spacial score (nSPS) is 12.0. The molecule has 3 heterocycles. The van der Waals surface area contributed by atoms with Crippen molar-refractivity contribution < 1.29 is 23.2 Å². The van der Waals surface area contributed by atoms with Crippen LogP contribution in [0, 0.1) is 6.92 Å². The van der Waals surface area contributed by atoms with Gasteiger partial charge in [0.25, 0.3) is 5.89 Å². The molecule has 0 N–H and O–H groups in total. The lowest BCUT2D eigenvalue weighted by molar-refractivity contribution is -0.149. The topological polar surface area (TPSA) is 118 Å². The van der Waals surface area contributed by atoms with E-state index in [0.29, 0.717) is 28.3 Å². The van der Waals surface area contributed by atoms with Crippen molar-refractivity contribution in [2.24, 2.45) is 0 Å². The minimum absolute atomic E-state index is 0.00119. The molecule has 0 aliphatic carbocycles. The van der Waals surface area contributed by atoms with Gasteiger partial charge in [0.1, 0.15) is 11.3 Å². The first-order valence-corrected chi connectivity index (χ1v) is 10.00. The summed E-state index contributed by atoms with van der Waals surface area (Å²) in [6.07, 6.45) is 2.71. The predicted molar refractivity (Wildman–Crippen MR) is 114 cm³/mol. The zero-order chi connectivity index (χ0) is 22.7. The Labute approximate surface area is 183 Å². The van der Waals surface area contributed by atoms with Crippen LogP contribution in [0.2, 0.25) is 0 Å². The highest BCUT2D eigenvalue weighted by atomic mass is 16.6. The molecule has 4 rings (SSSR count). The minimum atomic E-state index is -0.734. The molecule has 1 aromatic carbocycles. The summed E-state index contributed by atoms with van der Waals surface area (Å²) in [5.74, 6) is 0.634. The number of nitrogens with zero attached hydrogens (tertiary/aromatic N) is 3. The van der Waals surface area contributed by atoms with Gasteiger partial charge in [-0.3, -0.25) is 9.78 Å². The Morgan fingerprint density at radius 1 is 1.25 bits per heavy atom. The molecule has 0 spiro atoms. The van der Waals surface area contributed by atoms with E-state index in [4.69, 9.17) is 18.4 Å². The maximum absolute atomic E-state index is 12.4. The number of hydrogen-bond donors (Lipinski definition) is 0. The van der Waals surface area contributed by atoms with E-state index < -0.39 is 17.7 Å². The van der Waals surface area contributed by atoms with Gasteiger partial charge in [0, 0.05) is 41.4 Å². The summed E-state index contributed by atoms with van der Waals surface area (Å²) in [4.78, 5) is 33.1. The average molecular weight is 435 g/mol. The molecular weight excluding hydrogens is 414 g/mol. The average Bonchev–Trinajstić information content (AvgIpc) is 3.29. The molecule has 0 bridgehead atoms. The first kappa shape index (κ1) is 21.2. The summed E-state index contributed by atoms with van der Waals surface area (Å²) in [7, 11) is 1.54. The molecule has 0 fully saturated rings. The number of carbonyl (C=O) groups excluding carboxylic acids is 1. The van der Waals surface area contributed by atoms with Crippen LogP contribution in [-0.4, -0.2) is 28.2 Å². The van der Waals surface area contributed by atoms with Crippen LogP contribution in [0.3, 0.4) is 0 Å². The maximum Gasteiger partial charge on any atom is 0.339 e. The number of fused-ring (bicyclic) bond motifs is 1. The van der Waals surface area contributed by atoms with Crippen LogP contribution in [-0.2, 0) is 16.0 Å². The van der Waals surface area contributed by atoms with E-state index >= 15 is 0 Å². The van der Waals surface area contributed by atoms with E-state index in [-0.39, 0.29) is 18.7 Å². The highest BCUT2D eigenvalue weighted by molar-refractivity contribution is 5.82. The Hall–Kier alpha value is -4.01. The quantitative estimate of drug-likeness (QED) is 0.315. The summed E-state index contributed by atoms with van der Waals surface area (Å²) in [6, 6.07) is 8.83. The largest absolute Gasteiger partial charge is 0.497 e. The summed E-state index contributed by atoms with van der Waals surface area (Å²) in [5.41, 5.74) is 1.84. The van der Waals surface area contributed by atoms with Crippen molar-refractivity contribution in [2.45, 2.75) is 32.8 Å². The number of rotatable bonds is 7. The fraction of sp³-hybridized carbons (Fsp3) is 0.261. The zero-order valence-corrected chi connectivity index (χ0v) is 17.8. The number of aryl methyl sites for hydroxylation is 1. The number of hydrogen-bond acceptors (Lipinski definition) is 9. The van der Waals surface area contributed by atoms with Crippen molar-refractivity contribution in [1.82, 2.24) is 15.1 Å². The summed E-state index contributed by atoms with van der Waals surface area (Å²) in [6.45, 7) is 3.47. The first-order chi connectivity index (χ1) is 15.5. The zero-order valence-electron chi connectivity index (χ0n) is 17.8. The Morgan fingerprint density at radius 2 is 2.09 bits per heavy atom. The number of ether oxygens (including phenoxy) is 2. The monoisotopic (exact) mass is 435 g/mol. The van der Waals surface area contributed by atoms with Crippen LogP contribution >= 0.6 is 0 Å². The molecule has 9 heteroatoms. The molecule has 9 nitrogen and oxygen atoms in total. The van der Waals surface area contributed by atoms with E-state index in [9.17, 15) is 9.59 Å². The Morgan fingerprint density at radius 3 is 2.84 bits per heavy atom. The maximum atomic E-state index is 12.4. The van der Waals surface area contributed by atoms with Gasteiger partial charge in [-0.1, -0.05) is 5.16 Å². The number of benzene rings is 1. The standard InChI is InChI=1S/C23H21N3O6/c1-13-17-7-6-16(29-3)11-19(17)31-23(28)18(13)8-9-20(27)30-14(2)22-25-21(26-32-22)15-5-4-10-24-12-15/h4-7,10-12,14H,8-9H2,1-3H3. The number of carbonyl (C=O) groups is 1. The van der Waals surface area contributed by atoms with Crippen LogP contribution in [0.25, 0.3) is 22.4 Å². The van der Waals surface area contributed by atoms with Gasteiger partial charge in [-0.25, -0.2) is 4.79 Å². The second kappa shape index (κ2) is 9.01. The molecule has 0 amide bonds. The number of methoxy groups -OCH3 is 1. The van der Waals surface area contributed by atoms with Gasteiger partial charge in [0.15, 0.2) is 6.10 Å². The van der Waals surface area contributed by atoms with Gasteiger partial charge in [-0.05, 0) is 50.1 Å². The second-order valence-electron chi connectivity index (χ2n) is 7.19. The molecule has 1 atom stereocenters. The molecule has 1 unspecified atom stereocenters. The van der Waals surface area contributed by atoms with Crippen molar-refractivity contribution in [3.8, 4) is 17.1 Å². The Kier molecular flexibility index (Phi) is 5.98. The fourth-order valence-electron chi connectivity index (χ4n) is 3.34. The highest BCUT2D eigenvalue weighted by Gasteiger charge is 2.20. The van der Waals surface area contributed by atoms with E-state index in [0.717, 1.165) is 10.9 Å². The Balaban J connectivity index is 1.42. The number of aromatic nitrogens is 3. The number of esters is 1. The third-order valence-corrected chi connectivity index (χ3v) is 5.09. The van der Waals surface area contributed by atoms with Gasteiger partial charge in [-0.2, -0.15) is 4.98 Å². The van der Waals surface area contributed by atoms with Crippen molar-refractivity contribution in [3.63, 3.8) is 0 Å². The smallest absolute Gasteiger partial charge is 0.339 e. The van der Waals surface area contributed by atoms with Gasteiger partial charge >= 0.3 is 11.6 Å². The summed E-state index contributed by atoms with van der Waals surface area (Å²) < 4.78 is 21.2. The van der Waals surface area contributed by atoms with E-state index in [1.807, 2.05) is 13.0 Å². The first-order valence-electron chi connectivity index (χ1n) is 10.00. The third kappa shape index (κ3) is 4.36. The van der Waals surface area contributed by atoms with Crippen molar-refractivity contribution >= 4 is 16.9 Å². The van der Waals surface area contributed by atoms with Crippen molar-refractivity contribution in [2.75, 3.05) is 7.11 Å². The molecule has 0 aliphatic rings. The molecule has 164 valence electrons. The molecule has 4 aromatic rings. The summed E-state index contributed by atoms with van der Waals surface area (Å²) >= 11 is 0. The van der Waals surface area contributed by atoms with Gasteiger partial charge in [0.2, 0.25) is 5.82 Å². The second-order valence-corrected chi connectivity index (χ2v) is 7.19. The molecule has 0 saturated carbocycles. The fourth-order valence-corrected chi connectivity index (χ4v) is 3.34. The van der Waals surface area contributed by atoms with Crippen LogP contribution in [0.5, 0.6) is 5.75 Å². The lowest BCUT2D eigenvalue weighted by Gasteiger charge is -2.11. The minimum Gasteiger partial charge on any atom is -0.497 e. The van der Waals surface area contributed by atoms with Crippen LogP contribution in [0.15, 0.2) is 56.5 Å². The third-order valence-electron chi connectivity index (χ3n) is 5.09. The molecule has 3 aromatic heterocycles. The van der Waals surface area contributed by atoms with Crippen molar-refractivity contribution in [3.05, 3.63) is 70.2 Å². The van der Waals surface area contributed by atoms with Gasteiger partial charge in [-0.15, -0.1) is 0 Å². The van der Waals surface area contributed by atoms with E-state index in [1.165, 1.54) is 0 Å². The molecule has 0 aliphatic heterocycles. The van der Waals surface area contributed by atoms with Gasteiger partial charge < -0.3 is 18.4 Å². The lowest BCUT2D eigenvalue weighted by Crippen LogP contribution is -2.15. The summed E-state index contributed by atoms with van der Waals surface area (Å²) in [5, 5.41) is 4.68. The van der Waals surface area contributed by atoms with Crippen LogP contribution in [0.1, 0.15) is 36.5 Å². The van der Waals surface area contributed by atoms with Gasteiger partial charge in [0.05, 0.1) is 7.11 Å². The van der Waals surface area contributed by atoms with Crippen LogP contribution < -0.4 is 10.4 Å². The number of pyridine rings is 1. The molecule has 32 heavy (non-hydrogen) atoms. The van der Waals surface area contributed by atoms with E-state index in [2.05, 4.69) is 15.1 Å². The lowest BCUT2D eigenvalue weighted by atomic mass is 10.0. The van der Waals surface area contributed by atoms with Crippen LogP contribution in [0.4, 0.5) is 0 Å². The Bertz CT molecular complexity index is 1310. The van der Waals surface area contributed by atoms with E-state index in [1.54, 1.807) is 50.7 Å². The van der Waals surface area contributed by atoms with Crippen molar-refractivity contribution in [1.29, 1.82) is 0 Å². The predicted octanol–water partition coefficient (Wildman–Crippen LogP) is 3.79. The highest BCUT2D eigenvalue weighted by Crippen LogP contribution is 2.25. The molecular formula is C23H21N3O6. The SMILES string of the molecule is COc1ccc2c(C)c(CCC(=O)OC(C)c3nc(-c4cccnc4)no3)c(=O)oc2c1.